The number of aryl methyl sites for hydroxylation is 1. The SMILES string of the molecule is [B]C([B])(O)NC(=O)c1nc(C)c(C(=O)NCCC(=O)NC2C(=O)N3CCCN3Cc3ccccc32)s1. The minimum atomic E-state index is -2.42. The van der Waals surface area contributed by atoms with Gasteiger partial charge in [0.25, 0.3) is 17.7 Å². The smallest absolute Gasteiger partial charge is 0.281 e. The summed E-state index contributed by atoms with van der Waals surface area (Å²) in [5, 5.41) is 20.3. The Kier molecular flexibility index (Phi) is 7.48. The van der Waals surface area contributed by atoms with E-state index in [1.807, 2.05) is 34.6 Å². The second-order valence-electron chi connectivity index (χ2n) is 8.62. The van der Waals surface area contributed by atoms with Crippen LogP contribution in [0.25, 0.3) is 0 Å². The van der Waals surface area contributed by atoms with Crippen molar-refractivity contribution in [2.75, 3.05) is 19.6 Å². The van der Waals surface area contributed by atoms with Crippen molar-refractivity contribution in [3.05, 3.63) is 51.0 Å². The van der Waals surface area contributed by atoms with Gasteiger partial charge in [-0.15, -0.1) is 11.3 Å². The second-order valence-corrected chi connectivity index (χ2v) is 9.62. The number of rotatable bonds is 7. The fourth-order valence-corrected chi connectivity index (χ4v) is 5.08. The van der Waals surface area contributed by atoms with Crippen LogP contribution in [0.15, 0.2) is 24.3 Å². The van der Waals surface area contributed by atoms with E-state index in [0.29, 0.717) is 18.8 Å². The third-order valence-electron chi connectivity index (χ3n) is 5.80. The van der Waals surface area contributed by atoms with E-state index in [0.717, 1.165) is 35.4 Å². The average molecular weight is 506 g/mol. The summed E-state index contributed by atoms with van der Waals surface area (Å²) in [7, 11) is 10.3. The summed E-state index contributed by atoms with van der Waals surface area (Å²) in [6.45, 7) is 3.55. The first-order valence-corrected chi connectivity index (χ1v) is 12.2. The van der Waals surface area contributed by atoms with Crippen molar-refractivity contribution in [3.63, 3.8) is 0 Å². The molecule has 4 radical (unpaired) electrons. The number of hydrogen-bond donors (Lipinski definition) is 4. The number of thiazole rings is 1. The zero-order valence-corrected chi connectivity index (χ0v) is 20.4. The maximum Gasteiger partial charge on any atom is 0.281 e. The first-order chi connectivity index (χ1) is 17.0. The fourth-order valence-electron chi connectivity index (χ4n) is 4.20. The van der Waals surface area contributed by atoms with E-state index in [4.69, 9.17) is 15.7 Å². The number of aliphatic hydroxyl groups is 1. The molecule has 1 unspecified atom stereocenters. The highest BCUT2D eigenvalue weighted by molar-refractivity contribution is 7.15. The highest BCUT2D eigenvalue weighted by Gasteiger charge is 2.37. The van der Waals surface area contributed by atoms with Gasteiger partial charge < -0.3 is 21.1 Å². The van der Waals surface area contributed by atoms with Gasteiger partial charge in [-0.1, -0.05) is 24.3 Å². The topological polar surface area (TPSA) is 144 Å². The predicted octanol–water partition coefficient (Wildman–Crippen LogP) is -0.938. The van der Waals surface area contributed by atoms with Crippen LogP contribution in [0.5, 0.6) is 0 Å². The van der Waals surface area contributed by atoms with Gasteiger partial charge in [-0.2, -0.15) is 0 Å². The fraction of sp³-hybridized carbons (Fsp3) is 0.409. The quantitative estimate of drug-likeness (QED) is 0.281. The lowest BCUT2D eigenvalue weighted by Gasteiger charge is -2.27. The minimum Gasteiger partial charge on any atom is -0.390 e. The highest BCUT2D eigenvalue weighted by atomic mass is 32.1. The summed E-state index contributed by atoms with van der Waals surface area (Å²) >= 11 is 0.795. The second kappa shape index (κ2) is 10.4. The van der Waals surface area contributed by atoms with Gasteiger partial charge >= 0.3 is 0 Å². The van der Waals surface area contributed by atoms with E-state index in [9.17, 15) is 24.3 Å². The van der Waals surface area contributed by atoms with E-state index < -0.39 is 23.4 Å². The maximum absolute atomic E-state index is 13.2. The van der Waals surface area contributed by atoms with E-state index >= 15 is 0 Å². The molecular formula is C22H24B2N6O5S. The molecule has 0 saturated carbocycles. The summed E-state index contributed by atoms with van der Waals surface area (Å²) in [4.78, 5) is 54.7. The molecular weight excluding hydrogens is 482 g/mol. The lowest BCUT2D eigenvalue weighted by molar-refractivity contribution is -0.147. The third kappa shape index (κ3) is 5.77. The molecule has 0 bridgehead atoms. The van der Waals surface area contributed by atoms with Crippen LogP contribution in [0.2, 0.25) is 0 Å². The van der Waals surface area contributed by atoms with Gasteiger partial charge in [0.2, 0.25) is 5.91 Å². The third-order valence-corrected chi connectivity index (χ3v) is 6.96. The molecule has 1 aromatic heterocycles. The molecule has 2 aliphatic heterocycles. The van der Waals surface area contributed by atoms with E-state index in [1.54, 1.807) is 11.9 Å². The Morgan fingerprint density at radius 3 is 2.72 bits per heavy atom. The molecule has 1 atom stereocenters. The summed E-state index contributed by atoms with van der Waals surface area (Å²) < 4.78 is 0. The maximum atomic E-state index is 13.2. The molecule has 1 fully saturated rings. The standard InChI is InChI=1S/C22H24B2N6O5S/c1-12-17(36-20(26-12)19(33)28-22(23,24)35)18(32)25-8-7-15(31)27-16-14-6-3-2-5-13(14)11-29-9-4-10-30(29)21(16)34/h2-3,5-6,16,35H,4,7-11H2,1H3,(H,25,32)(H,27,31)(H,28,33). The Hall–Kier alpha value is -3.22. The molecule has 184 valence electrons. The van der Waals surface area contributed by atoms with Gasteiger partial charge in [-0.3, -0.25) is 24.2 Å². The molecule has 2 aliphatic rings. The summed E-state index contributed by atoms with van der Waals surface area (Å²) in [6, 6.07) is 6.74. The van der Waals surface area contributed by atoms with Gasteiger partial charge in [-0.25, -0.2) is 9.99 Å². The lowest BCUT2D eigenvalue weighted by atomic mass is 9.73. The molecule has 4 amide bonds. The lowest BCUT2D eigenvalue weighted by Crippen LogP contribution is -2.49. The highest BCUT2D eigenvalue weighted by Crippen LogP contribution is 2.29. The van der Waals surface area contributed by atoms with Gasteiger partial charge in [0.15, 0.2) is 5.01 Å². The van der Waals surface area contributed by atoms with Crippen LogP contribution in [0.3, 0.4) is 0 Å². The van der Waals surface area contributed by atoms with E-state index in [1.165, 1.54) is 0 Å². The Morgan fingerprint density at radius 2 is 1.97 bits per heavy atom. The minimum absolute atomic E-state index is 0.00723. The van der Waals surface area contributed by atoms with Crippen molar-refractivity contribution in [2.24, 2.45) is 0 Å². The number of amides is 4. The predicted molar refractivity (Wildman–Crippen MR) is 132 cm³/mol. The number of carbonyl (C=O) groups is 4. The Balaban J connectivity index is 1.35. The number of nitrogens with zero attached hydrogens (tertiary/aromatic N) is 3. The first kappa shape index (κ1) is 25.9. The number of fused-ring (bicyclic) bond motifs is 2. The van der Waals surface area contributed by atoms with Crippen LogP contribution in [-0.4, -0.2) is 84.6 Å². The number of hydrogen-bond acceptors (Lipinski definition) is 8. The molecule has 1 aromatic carbocycles. The molecule has 36 heavy (non-hydrogen) atoms. The summed E-state index contributed by atoms with van der Waals surface area (Å²) in [5.41, 5.74) is -0.376. The van der Waals surface area contributed by atoms with Crippen LogP contribution in [-0.2, 0) is 16.1 Å². The first-order valence-electron chi connectivity index (χ1n) is 11.3. The number of benzene rings is 1. The number of carbonyl (C=O) groups excluding carboxylic acids is 4. The van der Waals surface area contributed by atoms with E-state index in [-0.39, 0.29) is 34.7 Å². The normalized spacial score (nSPS) is 17.7. The summed E-state index contributed by atoms with van der Waals surface area (Å²) in [5.74, 6) is -1.92. The molecule has 2 aromatic rings. The number of aromatic nitrogens is 1. The van der Waals surface area contributed by atoms with Gasteiger partial charge in [-0.05, 0) is 24.5 Å². The molecule has 1 saturated heterocycles. The van der Waals surface area contributed by atoms with Gasteiger partial charge in [0.1, 0.15) is 26.6 Å². The number of hydrazine groups is 1. The Morgan fingerprint density at radius 1 is 1.22 bits per heavy atom. The van der Waals surface area contributed by atoms with Crippen LogP contribution < -0.4 is 16.0 Å². The molecule has 0 aliphatic carbocycles. The van der Waals surface area contributed by atoms with Crippen LogP contribution in [0, 0.1) is 6.92 Å². The molecule has 14 heteroatoms. The average Bonchev–Trinajstić information content (AvgIpc) is 3.40. The molecule has 3 heterocycles. The van der Waals surface area contributed by atoms with Crippen LogP contribution in [0.1, 0.15) is 55.2 Å². The zero-order valence-electron chi connectivity index (χ0n) is 19.6. The Bertz CT molecular complexity index is 1200. The van der Waals surface area contributed by atoms with Crippen LogP contribution in [0.4, 0.5) is 0 Å². The summed E-state index contributed by atoms with van der Waals surface area (Å²) in [6.07, 6.45) is 0.820. The Labute approximate surface area is 214 Å². The van der Waals surface area contributed by atoms with Crippen molar-refractivity contribution in [3.8, 4) is 0 Å². The molecule has 4 rings (SSSR count). The van der Waals surface area contributed by atoms with Crippen LogP contribution >= 0.6 is 11.3 Å². The van der Waals surface area contributed by atoms with Crippen molar-refractivity contribution in [1.82, 2.24) is 31.0 Å². The van der Waals surface area contributed by atoms with Crippen molar-refractivity contribution < 1.29 is 24.3 Å². The zero-order chi connectivity index (χ0) is 26.0. The van der Waals surface area contributed by atoms with Crippen molar-refractivity contribution in [2.45, 2.75) is 37.9 Å². The molecule has 11 nitrogen and oxygen atoms in total. The number of nitrogens with one attached hydrogen (secondary N) is 3. The monoisotopic (exact) mass is 506 g/mol. The van der Waals surface area contributed by atoms with Crippen molar-refractivity contribution in [1.29, 1.82) is 0 Å². The molecule has 4 N–H and O–H groups in total. The molecule has 0 spiro atoms. The van der Waals surface area contributed by atoms with Gasteiger partial charge in [0, 0.05) is 38.1 Å². The largest absolute Gasteiger partial charge is 0.390 e. The van der Waals surface area contributed by atoms with E-state index in [2.05, 4.69) is 15.6 Å². The van der Waals surface area contributed by atoms with Crippen molar-refractivity contribution >= 4 is 50.7 Å². The van der Waals surface area contributed by atoms with Gasteiger partial charge in [0.05, 0.1) is 5.69 Å².